The van der Waals surface area contributed by atoms with Gasteiger partial charge < -0.3 is 24.1 Å². The SMILES string of the molecule is CO[C@@H]1OC2COC(C)(C)O[C@@H]2[C@H](C)C1O. The standard InChI is InChI=1S/C11H20O5/c1-6-8(12)10(13-4)15-7-5-14-11(2,3)16-9(6)7/h6-10,12H,5H2,1-4H3/t6-,7?,8?,9-,10-/m1/s1. The molecule has 1 N–H and O–H groups in total. The second kappa shape index (κ2) is 4.23. The normalized spacial score (nSPS) is 47.4. The fraction of sp³-hybridized carbons (Fsp3) is 1.00. The third-order valence-corrected chi connectivity index (χ3v) is 3.26. The molecule has 16 heavy (non-hydrogen) atoms. The van der Waals surface area contributed by atoms with Gasteiger partial charge in [-0.1, -0.05) is 6.92 Å². The molecule has 5 atom stereocenters. The van der Waals surface area contributed by atoms with Crippen LogP contribution in [0.1, 0.15) is 20.8 Å². The maximum absolute atomic E-state index is 9.98. The molecule has 5 heteroatoms. The highest BCUT2D eigenvalue weighted by atomic mass is 16.8. The van der Waals surface area contributed by atoms with E-state index in [0.29, 0.717) is 6.61 Å². The number of fused-ring (bicyclic) bond motifs is 1. The Morgan fingerprint density at radius 1 is 1.38 bits per heavy atom. The molecule has 0 aromatic heterocycles. The average molecular weight is 232 g/mol. The Labute approximate surface area is 95.6 Å². The zero-order valence-electron chi connectivity index (χ0n) is 10.2. The molecule has 5 nitrogen and oxygen atoms in total. The minimum absolute atomic E-state index is 0.0353. The highest BCUT2D eigenvalue weighted by Gasteiger charge is 2.48. The van der Waals surface area contributed by atoms with Gasteiger partial charge in [0.1, 0.15) is 12.2 Å². The van der Waals surface area contributed by atoms with Gasteiger partial charge in [-0.15, -0.1) is 0 Å². The van der Waals surface area contributed by atoms with Crippen molar-refractivity contribution in [2.75, 3.05) is 13.7 Å². The van der Waals surface area contributed by atoms with E-state index in [1.165, 1.54) is 7.11 Å². The van der Waals surface area contributed by atoms with E-state index >= 15 is 0 Å². The molecule has 94 valence electrons. The second-order valence-electron chi connectivity index (χ2n) is 4.92. The molecule has 2 rings (SSSR count). The van der Waals surface area contributed by atoms with Gasteiger partial charge in [-0.25, -0.2) is 0 Å². The van der Waals surface area contributed by atoms with Gasteiger partial charge in [-0.2, -0.15) is 0 Å². The Morgan fingerprint density at radius 2 is 2.06 bits per heavy atom. The van der Waals surface area contributed by atoms with Crippen molar-refractivity contribution in [1.29, 1.82) is 0 Å². The Hall–Kier alpha value is -0.200. The van der Waals surface area contributed by atoms with Gasteiger partial charge in [-0.05, 0) is 13.8 Å². The molecule has 0 spiro atoms. The van der Waals surface area contributed by atoms with Crippen LogP contribution in [0.25, 0.3) is 0 Å². The molecule has 0 bridgehead atoms. The van der Waals surface area contributed by atoms with Gasteiger partial charge in [0.2, 0.25) is 0 Å². The van der Waals surface area contributed by atoms with Crippen LogP contribution in [0.4, 0.5) is 0 Å². The first-order valence-electron chi connectivity index (χ1n) is 5.63. The molecular formula is C11H20O5. The van der Waals surface area contributed by atoms with Gasteiger partial charge in [-0.3, -0.25) is 0 Å². The topological polar surface area (TPSA) is 57.2 Å². The van der Waals surface area contributed by atoms with Crippen LogP contribution in [0, 0.1) is 5.92 Å². The first-order valence-corrected chi connectivity index (χ1v) is 5.63. The number of hydrogen-bond acceptors (Lipinski definition) is 5. The molecule has 2 aliphatic rings. The van der Waals surface area contributed by atoms with Gasteiger partial charge in [0.05, 0.1) is 12.7 Å². The number of ether oxygens (including phenoxy) is 4. The Balaban J connectivity index is 2.11. The molecule has 0 aromatic rings. The second-order valence-corrected chi connectivity index (χ2v) is 4.92. The lowest BCUT2D eigenvalue weighted by atomic mass is 9.89. The molecule has 2 fully saturated rings. The summed E-state index contributed by atoms with van der Waals surface area (Å²) in [5.41, 5.74) is 0. The number of aliphatic hydroxyl groups excluding tert-OH is 1. The maximum atomic E-state index is 9.98. The van der Waals surface area contributed by atoms with Crippen LogP contribution in [0.3, 0.4) is 0 Å². The van der Waals surface area contributed by atoms with Crippen molar-refractivity contribution in [2.24, 2.45) is 5.92 Å². The lowest BCUT2D eigenvalue weighted by molar-refractivity contribution is -0.371. The van der Waals surface area contributed by atoms with Crippen molar-refractivity contribution in [3.8, 4) is 0 Å². The average Bonchev–Trinajstić information content (AvgIpc) is 2.23. The summed E-state index contributed by atoms with van der Waals surface area (Å²) in [4.78, 5) is 0. The number of rotatable bonds is 1. The predicted octanol–water partition coefficient (Wildman–Crippen LogP) is 0.506. The van der Waals surface area contributed by atoms with Crippen LogP contribution in [0.2, 0.25) is 0 Å². The maximum Gasteiger partial charge on any atom is 0.183 e. The quantitative estimate of drug-likeness (QED) is 0.713. The molecule has 2 saturated heterocycles. The van der Waals surface area contributed by atoms with Gasteiger partial charge in [0.25, 0.3) is 0 Å². The summed E-state index contributed by atoms with van der Waals surface area (Å²) in [6.45, 7) is 6.14. The van der Waals surface area contributed by atoms with Crippen molar-refractivity contribution >= 4 is 0 Å². The zero-order chi connectivity index (χ0) is 11.9. The number of methoxy groups -OCH3 is 1. The van der Waals surface area contributed by atoms with E-state index in [-0.39, 0.29) is 18.1 Å². The highest BCUT2D eigenvalue weighted by Crippen LogP contribution is 2.35. The van der Waals surface area contributed by atoms with Gasteiger partial charge in [0, 0.05) is 13.0 Å². The molecule has 0 radical (unpaired) electrons. The number of hydrogen-bond donors (Lipinski definition) is 1. The monoisotopic (exact) mass is 232 g/mol. The molecule has 0 amide bonds. The summed E-state index contributed by atoms with van der Waals surface area (Å²) in [5.74, 6) is -0.648. The molecule has 0 saturated carbocycles. The lowest BCUT2D eigenvalue weighted by Gasteiger charge is -2.49. The van der Waals surface area contributed by atoms with E-state index in [9.17, 15) is 5.11 Å². The third-order valence-electron chi connectivity index (χ3n) is 3.26. The lowest BCUT2D eigenvalue weighted by Crippen LogP contribution is -2.61. The van der Waals surface area contributed by atoms with Crippen LogP contribution in [0.5, 0.6) is 0 Å². The molecule has 2 heterocycles. The van der Waals surface area contributed by atoms with E-state index < -0.39 is 18.2 Å². The first-order chi connectivity index (χ1) is 7.44. The summed E-state index contributed by atoms with van der Waals surface area (Å²) in [7, 11) is 1.52. The Bertz CT molecular complexity index is 253. The van der Waals surface area contributed by atoms with Crippen LogP contribution >= 0.6 is 0 Å². The number of aliphatic hydroxyl groups is 1. The Morgan fingerprint density at radius 3 is 2.69 bits per heavy atom. The van der Waals surface area contributed by atoms with E-state index in [0.717, 1.165) is 0 Å². The molecule has 2 aliphatic heterocycles. The van der Waals surface area contributed by atoms with E-state index in [1.807, 2.05) is 20.8 Å². The van der Waals surface area contributed by atoms with E-state index in [2.05, 4.69) is 0 Å². The van der Waals surface area contributed by atoms with Gasteiger partial charge >= 0.3 is 0 Å². The summed E-state index contributed by atoms with van der Waals surface area (Å²) >= 11 is 0. The van der Waals surface area contributed by atoms with Crippen molar-refractivity contribution in [2.45, 2.75) is 51.2 Å². The molecule has 0 aliphatic carbocycles. The summed E-state index contributed by atoms with van der Waals surface area (Å²) in [6, 6.07) is 0. The van der Waals surface area contributed by atoms with Crippen LogP contribution in [-0.4, -0.2) is 49.2 Å². The first kappa shape index (κ1) is 12.3. The molecule has 2 unspecified atom stereocenters. The van der Waals surface area contributed by atoms with Gasteiger partial charge in [0.15, 0.2) is 12.1 Å². The fourth-order valence-corrected chi connectivity index (χ4v) is 2.27. The van der Waals surface area contributed by atoms with Crippen LogP contribution in [-0.2, 0) is 18.9 Å². The summed E-state index contributed by atoms with van der Waals surface area (Å²) < 4.78 is 22.0. The van der Waals surface area contributed by atoms with Crippen molar-refractivity contribution < 1.29 is 24.1 Å². The zero-order valence-corrected chi connectivity index (χ0v) is 10.2. The van der Waals surface area contributed by atoms with Crippen molar-refractivity contribution in [1.82, 2.24) is 0 Å². The Kier molecular flexibility index (Phi) is 3.25. The fourth-order valence-electron chi connectivity index (χ4n) is 2.27. The van der Waals surface area contributed by atoms with E-state index in [4.69, 9.17) is 18.9 Å². The molecule has 0 aromatic carbocycles. The minimum Gasteiger partial charge on any atom is -0.387 e. The summed E-state index contributed by atoms with van der Waals surface area (Å²) in [6.07, 6.45) is -1.58. The van der Waals surface area contributed by atoms with Crippen molar-refractivity contribution in [3.05, 3.63) is 0 Å². The van der Waals surface area contributed by atoms with Crippen LogP contribution in [0.15, 0.2) is 0 Å². The third kappa shape index (κ3) is 2.10. The molecular weight excluding hydrogens is 212 g/mol. The largest absolute Gasteiger partial charge is 0.387 e. The smallest absolute Gasteiger partial charge is 0.183 e. The van der Waals surface area contributed by atoms with Crippen molar-refractivity contribution in [3.63, 3.8) is 0 Å². The van der Waals surface area contributed by atoms with E-state index in [1.54, 1.807) is 0 Å². The minimum atomic E-state index is -0.667. The predicted molar refractivity (Wildman–Crippen MR) is 55.7 cm³/mol. The van der Waals surface area contributed by atoms with Crippen LogP contribution < -0.4 is 0 Å². The highest BCUT2D eigenvalue weighted by molar-refractivity contribution is 4.91. The summed E-state index contributed by atoms with van der Waals surface area (Å²) in [5, 5.41) is 9.98.